The van der Waals surface area contributed by atoms with Crippen molar-refractivity contribution in [3.8, 4) is 0 Å². The Kier molecular flexibility index (Phi) is 5.81. The lowest BCUT2D eigenvalue weighted by Crippen LogP contribution is -2.09. The third kappa shape index (κ3) is 4.41. The quantitative estimate of drug-likeness (QED) is 0.570. The Balaban J connectivity index is 1.85. The van der Waals surface area contributed by atoms with Crippen LogP contribution in [0.5, 0.6) is 0 Å². The molecule has 0 unspecified atom stereocenters. The van der Waals surface area contributed by atoms with E-state index in [0.717, 1.165) is 11.1 Å². The second kappa shape index (κ2) is 8.28. The number of carboxylic acid groups (broad SMARTS) is 1. The second-order valence-corrected chi connectivity index (χ2v) is 7.13. The molecule has 0 atom stereocenters. The van der Waals surface area contributed by atoms with E-state index in [-0.39, 0.29) is 11.3 Å². The molecule has 0 saturated heterocycles. The maximum absolute atomic E-state index is 12.9. The number of carboxylic acids is 1. The van der Waals surface area contributed by atoms with Crippen LogP contribution in [0.1, 0.15) is 43.1 Å². The van der Waals surface area contributed by atoms with Crippen LogP contribution in [0.2, 0.25) is 5.02 Å². The first-order valence-corrected chi connectivity index (χ1v) is 9.20. The summed E-state index contributed by atoms with van der Waals surface area (Å²) in [4.78, 5) is 24.3. The van der Waals surface area contributed by atoms with E-state index in [1.54, 1.807) is 18.2 Å². The first-order chi connectivity index (χ1) is 13.3. The minimum absolute atomic E-state index is 0.0424. The Morgan fingerprint density at radius 2 is 1.75 bits per heavy atom. The lowest BCUT2D eigenvalue weighted by atomic mass is 10.1. The Hall–Kier alpha value is -3.11. The number of aromatic carboxylic acids is 1. The molecule has 0 aliphatic carbocycles. The number of nitrogens with zero attached hydrogens (tertiary/aromatic N) is 1. The topological polar surface area (TPSA) is 59.3 Å². The molecular weight excluding hydrogens is 374 g/mol. The van der Waals surface area contributed by atoms with Crippen molar-refractivity contribution in [2.75, 3.05) is 0 Å². The molecular formula is C23H20ClNO3. The molecule has 5 heteroatoms. The Morgan fingerprint density at radius 1 is 1.04 bits per heavy atom. The minimum Gasteiger partial charge on any atom is -0.478 e. The van der Waals surface area contributed by atoms with E-state index in [4.69, 9.17) is 11.6 Å². The summed E-state index contributed by atoms with van der Waals surface area (Å²) >= 11 is 5.89. The number of hydrogen-bond acceptors (Lipinski definition) is 2. The summed E-state index contributed by atoms with van der Waals surface area (Å²) in [7, 11) is 0. The zero-order valence-electron chi connectivity index (χ0n) is 15.6. The van der Waals surface area contributed by atoms with Gasteiger partial charge in [0.2, 0.25) is 5.78 Å². The normalized spacial score (nSPS) is 11.1. The number of hydrogen-bond donors (Lipinski definition) is 1. The largest absolute Gasteiger partial charge is 0.478 e. The first-order valence-electron chi connectivity index (χ1n) is 8.82. The van der Waals surface area contributed by atoms with E-state index in [1.807, 2.05) is 61.0 Å². The number of carbonyl (C=O) groups is 2. The molecule has 1 heterocycles. The number of ketones is 1. The summed E-state index contributed by atoms with van der Waals surface area (Å²) in [5, 5.41) is 9.71. The van der Waals surface area contributed by atoms with Gasteiger partial charge in [-0.15, -0.1) is 0 Å². The molecule has 0 amide bonds. The van der Waals surface area contributed by atoms with Gasteiger partial charge in [-0.2, -0.15) is 0 Å². The summed E-state index contributed by atoms with van der Waals surface area (Å²) in [6, 6.07) is 14.1. The number of rotatable bonds is 6. The highest BCUT2D eigenvalue weighted by Gasteiger charge is 2.14. The number of carbonyl (C=O) groups excluding carboxylic acids is 1. The van der Waals surface area contributed by atoms with Crippen molar-refractivity contribution >= 4 is 29.4 Å². The van der Waals surface area contributed by atoms with E-state index in [9.17, 15) is 14.7 Å². The summed E-state index contributed by atoms with van der Waals surface area (Å²) in [5.74, 6) is -1.08. The molecule has 2 aromatic carbocycles. The molecule has 4 nitrogen and oxygen atoms in total. The van der Waals surface area contributed by atoms with Crippen LogP contribution in [0.3, 0.4) is 0 Å². The Bertz CT molecular complexity index is 1060. The molecule has 0 aliphatic heterocycles. The van der Waals surface area contributed by atoms with E-state index in [2.05, 4.69) is 0 Å². The van der Waals surface area contributed by atoms with Crippen LogP contribution >= 0.6 is 11.6 Å². The number of benzene rings is 2. The van der Waals surface area contributed by atoms with Crippen molar-refractivity contribution in [3.63, 3.8) is 0 Å². The SMILES string of the molecule is Cc1ccc(C(=O)c2cc(C)cn2CC=Cc2ccc(Cl)cc2C(=O)O)cc1. The Morgan fingerprint density at radius 3 is 2.43 bits per heavy atom. The van der Waals surface area contributed by atoms with Gasteiger partial charge in [0.15, 0.2) is 0 Å². The average molecular weight is 394 g/mol. The van der Waals surface area contributed by atoms with Gasteiger partial charge >= 0.3 is 5.97 Å². The zero-order valence-corrected chi connectivity index (χ0v) is 16.4. The maximum Gasteiger partial charge on any atom is 0.336 e. The van der Waals surface area contributed by atoms with Gasteiger partial charge in [0.25, 0.3) is 0 Å². The van der Waals surface area contributed by atoms with E-state index in [0.29, 0.717) is 28.4 Å². The average Bonchev–Trinajstić information content (AvgIpc) is 3.03. The van der Waals surface area contributed by atoms with Gasteiger partial charge in [0.05, 0.1) is 11.3 Å². The summed E-state index contributed by atoms with van der Waals surface area (Å²) in [6.45, 7) is 4.37. The van der Waals surface area contributed by atoms with Crippen LogP contribution in [-0.2, 0) is 6.54 Å². The number of aryl methyl sites for hydroxylation is 2. The van der Waals surface area contributed by atoms with E-state index in [1.165, 1.54) is 6.07 Å². The predicted molar refractivity (Wildman–Crippen MR) is 111 cm³/mol. The van der Waals surface area contributed by atoms with Crippen molar-refractivity contribution in [1.29, 1.82) is 0 Å². The molecule has 0 fully saturated rings. The highest BCUT2D eigenvalue weighted by atomic mass is 35.5. The zero-order chi connectivity index (χ0) is 20.3. The van der Waals surface area contributed by atoms with Crippen LogP contribution in [-0.4, -0.2) is 21.4 Å². The lowest BCUT2D eigenvalue weighted by molar-refractivity contribution is 0.0696. The first kappa shape index (κ1) is 19.6. The second-order valence-electron chi connectivity index (χ2n) is 6.69. The van der Waals surface area contributed by atoms with Gasteiger partial charge in [0, 0.05) is 23.3 Å². The molecule has 0 saturated carbocycles. The number of halogens is 1. The van der Waals surface area contributed by atoms with Crippen LogP contribution in [0, 0.1) is 13.8 Å². The predicted octanol–water partition coefficient (Wildman–Crippen LogP) is 5.40. The molecule has 0 bridgehead atoms. The molecule has 1 aromatic heterocycles. The number of aromatic nitrogens is 1. The van der Waals surface area contributed by atoms with Crippen molar-refractivity contribution in [3.05, 3.63) is 99.3 Å². The fraction of sp³-hybridized carbons (Fsp3) is 0.130. The molecule has 1 N–H and O–H groups in total. The van der Waals surface area contributed by atoms with Crippen LogP contribution < -0.4 is 0 Å². The fourth-order valence-electron chi connectivity index (χ4n) is 3.00. The van der Waals surface area contributed by atoms with Crippen LogP contribution in [0.15, 0.2) is 60.8 Å². The minimum atomic E-state index is -1.03. The van der Waals surface area contributed by atoms with Gasteiger partial charge < -0.3 is 9.67 Å². The van der Waals surface area contributed by atoms with Gasteiger partial charge in [0.1, 0.15) is 0 Å². The summed E-state index contributed by atoms with van der Waals surface area (Å²) < 4.78 is 1.87. The lowest BCUT2D eigenvalue weighted by Gasteiger charge is -2.07. The standard InChI is InChI=1S/C23H20ClNO3/c1-15-5-7-18(8-6-15)22(26)21-12-16(2)14-25(21)11-3-4-17-9-10-19(24)13-20(17)23(27)28/h3-10,12-14H,11H2,1-2H3,(H,27,28). The molecule has 3 rings (SSSR count). The van der Waals surface area contributed by atoms with E-state index < -0.39 is 5.97 Å². The maximum atomic E-state index is 12.9. The van der Waals surface area contributed by atoms with Gasteiger partial charge in [-0.05, 0) is 43.2 Å². The Labute approximate surface area is 168 Å². The van der Waals surface area contributed by atoms with Crippen molar-refractivity contribution in [2.45, 2.75) is 20.4 Å². The summed E-state index contributed by atoms with van der Waals surface area (Å²) in [6.07, 6.45) is 5.47. The van der Waals surface area contributed by atoms with Gasteiger partial charge in [-0.3, -0.25) is 4.79 Å². The van der Waals surface area contributed by atoms with Crippen LogP contribution in [0.4, 0.5) is 0 Å². The monoisotopic (exact) mass is 393 g/mol. The molecule has 0 spiro atoms. The summed E-state index contributed by atoms with van der Waals surface area (Å²) in [5.41, 5.74) is 4.03. The third-order valence-corrected chi connectivity index (χ3v) is 4.66. The smallest absolute Gasteiger partial charge is 0.336 e. The highest BCUT2D eigenvalue weighted by molar-refractivity contribution is 6.31. The number of allylic oxidation sites excluding steroid dienone is 1. The molecule has 28 heavy (non-hydrogen) atoms. The fourth-order valence-corrected chi connectivity index (χ4v) is 3.18. The third-order valence-electron chi connectivity index (χ3n) is 4.42. The van der Waals surface area contributed by atoms with Crippen molar-refractivity contribution in [1.82, 2.24) is 4.57 Å². The van der Waals surface area contributed by atoms with Crippen molar-refractivity contribution in [2.24, 2.45) is 0 Å². The molecule has 0 aliphatic rings. The highest BCUT2D eigenvalue weighted by Crippen LogP contribution is 2.19. The molecule has 0 radical (unpaired) electrons. The van der Waals surface area contributed by atoms with Crippen molar-refractivity contribution < 1.29 is 14.7 Å². The van der Waals surface area contributed by atoms with Gasteiger partial charge in [-0.1, -0.05) is 59.6 Å². The van der Waals surface area contributed by atoms with E-state index >= 15 is 0 Å². The van der Waals surface area contributed by atoms with Crippen LogP contribution in [0.25, 0.3) is 6.08 Å². The van der Waals surface area contributed by atoms with Gasteiger partial charge in [-0.25, -0.2) is 4.79 Å². The molecule has 142 valence electrons. The molecule has 3 aromatic rings.